The maximum atomic E-state index is 5.47. The molecule has 0 radical (unpaired) electrons. The molecule has 1 heterocycles. The maximum absolute atomic E-state index is 5.47. The first-order valence-electron chi connectivity index (χ1n) is 10.6. The van der Waals surface area contributed by atoms with Gasteiger partial charge in [0.2, 0.25) is 5.96 Å². The van der Waals surface area contributed by atoms with E-state index in [0.717, 1.165) is 40.7 Å². The molecular weight excluding hydrogens is 404 g/mol. The maximum Gasteiger partial charge on any atom is 0.201 e. The molecule has 1 aromatic heterocycles. The number of aliphatic imine (C=N–C) groups is 1. The molecule has 0 saturated carbocycles. The highest BCUT2D eigenvalue weighted by atomic mass is 16.5. The lowest BCUT2D eigenvalue weighted by Gasteiger charge is -2.17. The van der Waals surface area contributed by atoms with Crippen molar-refractivity contribution in [2.75, 3.05) is 52.0 Å². The summed E-state index contributed by atoms with van der Waals surface area (Å²) in [5.74, 6) is 2.51. The van der Waals surface area contributed by atoms with Crippen LogP contribution in [0.1, 0.15) is 17.5 Å². The number of aryl methyl sites for hydroxylation is 2. The third-order valence-electron chi connectivity index (χ3n) is 5.14. The first-order chi connectivity index (χ1) is 15.4. The van der Waals surface area contributed by atoms with Gasteiger partial charge in [-0.15, -0.1) is 0 Å². The molecule has 0 spiro atoms. The van der Waals surface area contributed by atoms with Crippen molar-refractivity contribution in [1.82, 2.24) is 14.9 Å². The molecule has 0 bridgehead atoms. The average Bonchev–Trinajstić information content (AvgIpc) is 2.78. The number of benzene rings is 2. The van der Waals surface area contributed by atoms with Crippen LogP contribution in [0.5, 0.6) is 11.5 Å². The van der Waals surface area contributed by atoms with Crippen LogP contribution in [0.2, 0.25) is 0 Å². The molecule has 170 valence electrons. The van der Waals surface area contributed by atoms with Crippen LogP contribution in [-0.2, 0) is 0 Å². The van der Waals surface area contributed by atoms with E-state index in [1.54, 1.807) is 14.2 Å². The number of guanidine groups is 1. The van der Waals surface area contributed by atoms with E-state index in [2.05, 4.69) is 71.6 Å². The van der Waals surface area contributed by atoms with Gasteiger partial charge < -0.3 is 25.0 Å². The van der Waals surface area contributed by atoms with Crippen LogP contribution in [0, 0.1) is 13.8 Å². The molecule has 0 saturated heterocycles. The summed E-state index contributed by atoms with van der Waals surface area (Å²) >= 11 is 0. The van der Waals surface area contributed by atoms with Gasteiger partial charge in [-0.2, -0.15) is 0 Å². The van der Waals surface area contributed by atoms with Crippen molar-refractivity contribution in [1.29, 1.82) is 0 Å². The van der Waals surface area contributed by atoms with Gasteiger partial charge in [-0.05, 0) is 58.1 Å². The highest BCUT2D eigenvalue weighted by Crippen LogP contribution is 2.33. The number of hydrogen-bond donors (Lipinski definition) is 2. The van der Waals surface area contributed by atoms with Crippen molar-refractivity contribution in [2.45, 2.75) is 20.3 Å². The van der Waals surface area contributed by atoms with Crippen LogP contribution in [0.25, 0.3) is 10.9 Å². The fourth-order valence-electron chi connectivity index (χ4n) is 3.41. The van der Waals surface area contributed by atoms with E-state index in [0.29, 0.717) is 29.8 Å². The Bertz CT molecular complexity index is 1080. The van der Waals surface area contributed by atoms with Crippen molar-refractivity contribution < 1.29 is 9.47 Å². The number of rotatable bonds is 8. The van der Waals surface area contributed by atoms with Gasteiger partial charge in [-0.3, -0.25) is 4.99 Å². The second-order valence-corrected chi connectivity index (χ2v) is 7.85. The second kappa shape index (κ2) is 10.8. The van der Waals surface area contributed by atoms with Gasteiger partial charge >= 0.3 is 0 Å². The van der Waals surface area contributed by atoms with E-state index in [-0.39, 0.29) is 0 Å². The third-order valence-corrected chi connectivity index (χ3v) is 5.14. The Morgan fingerprint density at radius 3 is 2.34 bits per heavy atom. The summed E-state index contributed by atoms with van der Waals surface area (Å²) in [7, 11) is 7.34. The Kier molecular flexibility index (Phi) is 7.83. The van der Waals surface area contributed by atoms with Crippen LogP contribution >= 0.6 is 0 Å². The molecule has 8 heteroatoms. The first-order valence-corrected chi connectivity index (χ1v) is 10.6. The molecule has 3 rings (SSSR count). The fourth-order valence-corrected chi connectivity index (χ4v) is 3.41. The Hall–Kier alpha value is -3.39. The topological polar surface area (TPSA) is 83.9 Å². The molecule has 0 amide bonds. The summed E-state index contributed by atoms with van der Waals surface area (Å²) in [6, 6.07) is 9.92. The predicted octanol–water partition coefficient (Wildman–Crippen LogP) is 4.10. The van der Waals surface area contributed by atoms with Crippen LogP contribution in [0.4, 0.5) is 11.5 Å². The van der Waals surface area contributed by atoms with E-state index in [1.807, 2.05) is 12.1 Å². The van der Waals surface area contributed by atoms with Gasteiger partial charge in [-0.25, -0.2) is 9.97 Å². The predicted molar refractivity (Wildman–Crippen MR) is 131 cm³/mol. The van der Waals surface area contributed by atoms with Crippen molar-refractivity contribution in [3.63, 3.8) is 0 Å². The zero-order chi connectivity index (χ0) is 23.1. The summed E-state index contributed by atoms with van der Waals surface area (Å²) in [6.07, 6.45) is 2.47. The van der Waals surface area contributed by atoms with Gasteiger partial charge in [0.1, 0.15) is 12.1 Å². The van der Waals surface area contributed by atoms with Gasteiger partial charge in [0, 0.05) is 23.7 Å². The second-order valence-electron chi connectivity index (χ2n) is 7.85. The smallest absolute Gasteiger partial charge is 0.201 e. The lowest BCUT2D eigenvalue weighted by Crippen LogP contribution is -2.25. The Labute approximate surface area is 189 Å². The minimum atomic E-state index is 0.616. The Morgan fingerprint density at radius 1 is 1.00 bits per heavy atom. The molecule has 0 aliphatic carbocycles. The van der Waals surface area contributed by atoms with E-state index in [1.165, 1.54) is 6.33 Å². The zero-order valence-corrected chi connectivity index (χ0v) is 19.7. The summed E-state index contributed by atoms with van der Waals surface area (Å²) in [6.45, 7) is 5.80. The molecule has 0 aliphatic heterocycles. The largest absolute Gasteiger partial charge is 0.493 e. The highest BCUT2D eigenvalue weighted by Gasteiger charge is 2.13. The minimum Gasteiger partial charge on any atom is -0.493 e. The fraction of sp³-hybridized carbons (Fsp3) is 0.375. The van der Waals surface area contributed by atoms with Gasteiger partial charge in [-0.1, -0.05) is 18.2 Å². The van der Waals surface area contributed by atoms with E-state index in [9.17, 15) is 0 Å². The standard InChI is InChI=1S/C24H32N6O2/c1-16-9-7-10-17(2)22(16)28-24(25-11-8-12-30(3)4)29-23-18-13-20(31-5)21(32-6)14-19(18)26-15-27-23/h7,9-10,13-15H,8,11-12H2,1-6H3,(H2,25,26,27,28,29). The number of para-hydroxylation sites is 1. The molecule has 0 unspecified atom stereocenters. The summed E-state index contributed by atoms with van der Waals surface area (Å²) in [5, 5.41) is 7.67. The third kappa shape index (κ3) is 5.64. The normalized spacial score (nSPS) is 11.7. The van der Waals surface area contributed by atoms with Crippen molar-refractivity contribution in [2.24, 2.45) is 4.99 Å². The van der Waals surface area contributed by atoms with E-state index >= 15 is 0 Å². The van der Waals surface area contributed by atoms with Crippen LogP contribution in [0.15, 0.2) is 41.7 Å². The summed E-state index contributed by atoms with van der Waals surface area (Å²) < 4.78 is 10.9. The molecule has 0 atom stereocenters. The lowest BCUT2D eigenvalue weighted by atomic mass is 10.1. The molecule has 8 nitrogen and oxygen atoms in total. The van der Waals surface area contributed by atoms with Gasteiger partial charge in [0.25, 0.3) is 0 Å². The quantitative estimate of drug-likeness (QED) is 0.312. The molecule has 2 aromatic carbocycles. The molecule has 32 heavy (non-hydrogen) atoms. The molecule has 0 aliphatic rings. The van der Waals surface area contributed by atoms with Crippen molar-refractivity contribution in [3.8, 4) is 11.5 Å². The first kappa shape index (κ1) is 23.3. The molecular formula is C24H32N6O2. The Balaban J connectivity index is 1.96. The summed E-state index contributed by atoms with van der Waals surface area (Å²) in [5.41, 5.74) is 4.07. The molecule has 3 aromatic rings. The number of nitrogens with zero attached hydrogens (tertiary/aromatic N) is 4. The average molecular weight is 437 g/mol. The molecule has 2 N–H and O–H groups in total. The highest BCUT2D eigenvalue weighted by molar-refractivity contribution is 6.08. The van der Waals surface area contributed by atoms with Gasteiger partial charge in [0.05, 0.1) is 19.7 Å². The lowest BCUT2D eigenvalue weighted by molar-refractivity contribution is 0.356. The van der Waals surface area contributed by atoms with Gasteiger partial charge in [0.15, 0.2) is 11.5 Å². The number of anilines is 2. The van der Waals surface area contributed by atoms with Crippen LogP contribution in [0.3, 0.4) is 0 Å². The molecule has 0 fully saturated rings. The summed E-state index contributed by atoms with van der Waals surface area (Å²) in [4.78, 5) is 15.8. The zero-order valence-electron chi connectivity index (χ0n) is 19.7. The van der Waals surface area contributed by atoms with Crippen molar-refractivity contribution >= 4 is 28.4 Å². The van der Waals surface area contributed by atoms with E-state index in [4.69, 9.17) is 14.5 Å². The number of methoxy groups -OCH3 is 2. The minimum absolute atomic E-state index is 0.616. The van der Waals surface area contributed by atoms with E-state index < -0.39 is 0 Å². The Morgan fingerprint density at radius 2 is 1.69 bits per heavy atom. The number of fused-ring (bicyclic) bond motifs is 1. The SMILES string of the molecule is COc1cc2ncnc(NC(=NCCCN(C)C)Nc3c(C)cccc3C)c2cc1OC. The van der Waals surface area contributed by atoms with Crippen LogP contribution in [-0.4, -0.2) is 62.2 Å². The number of nitrogens with one attached hydrogen (secondary N) is 2. The number of hydrogen-bond acceptors (Lipinski definition) is 6. The monoisotopic (exact) mass is 436 g/mol. The number of ether oxygens (including phenoxy) is 2. The van der Waals surface area contributed by atoms with Crippen molar-refractivity contribution in [3.05, 3.63) is 47.8 Å². The van der Waals surface area contributed by atoms with Crippen LogP contribution < -0.4 is 20.1 Å². The number of aromatic nitrogens is 2.